The lowest BCUT2D eigenvalue weighted by Gasteiger charge is -2.26. The van der Waals surface area contributed by atoms with Crippen molar-refractivity contribution < 1.29 is 23.4 Å². The highest BCUT2D eigenvalue weighted by Gasteiger charge is 2.23. The Bertz CT molecular complexity index is 790. The predicted octanol–water partition coefficient (Wildman–Crippen LogP) is 5.55. The minimum atomic E-state index is -0.897. The van der Waals surface area contributed by atoms with Crippen LogP contribution in [0.2, 0.25) is 0 Å². The number of hydrogen-bond acceptors (Lipinski definition) is 4. The number of hydrogen-bond donors (Lipinski definition) is 0. The van der Waals surface area contributed by atoms with Crippen molar-refractivity contribution in [3.05, 3.63) is 59.7 Å². The molecule has 0 spiro atoms. The number of halogens is 2. The zero-order valence-corrected chi connectivity index (χ0v) is 18.7. The minimum Gasteiger partial charge on any atom is -0.493 e. The zero-order valence-electron chi connectivity index (χ0n) is 18.0. The molecule has 164 valence electrons. The van der Waals surface area contributed by atoms with E-state index in [-0.39, 0.29) is 12.0 Å². The molecule has 0 aliphatic heterocycles. The van der Waals surface area contributed by atoms with Crippen LogP contribution in [-0.4, -0.2) is 37.8 Å². The topological polar surface area (TPSA) is 44.8 Å². The van der Waals surface area contributed by atoms with Gasteiger partial charge in [-0.3, -0.25) is 4.79 Å². The van der Waals surface area contributed by atoms with Gasteiger partial charge in [-0.25, -0.2) is 4.39 Å². The highest BCUT2D eigenvalue weighted by molar-refractivity contribution is 6.18. The van der Waals surface area contributed by atoms with E-state index in [0.29, 0.717) is 24.2 Å². The molecule has 0 aromatic heterocycles. The highest BCUT2D eigenvalue weighted by Crippen LogP contribution is 2.33. The van der Waals surface area contributed by atoms with Crippen molar-refractivity contribution in [3.63, 3.8) is 0 Å². The van der Waals surface area contributed by atoms with E-state index in [1.54, 1.807) is 0 Å². The molecule has 2 rings (SSSR count). The molecule has 30 heavy (non-hydrogen) atoms. The number of esters is 1. The van der Waals surface area contributed by atoms with Crippen molar-refractivity contribution >= 4 is 17.6 Å². The Morgan fingerprint density at radius 3 is 1.83 bits per heavy atom. The summed E-state index contributed by atoms with van der Waals surface area (Å²) in [4.78, 5) is 11.0. The summed E-state index contributed by atoms with van der Waals surface area (Å²) in [7, 11) is 0. The van der Waals surface area contributed by atoms with Crippen LogP contribution in [0.25, 0.3) is 0 Å². The molecular formula is C24H30ClFO4. The summed E-state index contributed by atoms with van der Waals surface area (Å²) in [5, 5.41) is 0. The molecule has 2 aromatic carbocycles. The van der Waals surface area contributed by atoms with Gasteiger partial charge in [0, 0.05) is 24.1 Å². The number of rotatable bonds is 11. The van der Waals surface area contributed by atoms with Crippen LogP contribution in [0.4, 0.5) is 4.39 Å². The molecule has 0 unspecified atom stereocenters. The van der Waals surface area contributed by atoms with Crippen molar-refractivity contribution in [3.8, 4) is 11.5 Å². The standard InChI is InChI=1S/C24H30ClFO4/c1-17(13-25)15-28-21-9-5-19(6-10-21)24(3,4)20-7-11-22(12-8-20)29-16-23(14-26)30-18(2)27/h5-12,17,23H,13-16H2,1-4H3/t17-,23+/m1/s1. The molecule has 0 saturated carbocycles. The SMILES string of the molecule is CC(=O)O[C@@H](CF)COc1ccc(C(C)(C)c2ccc(OC[C@H](C)CCl)cc2)cc1. The third kappa shape index (κ3) is 6.91. The van der Waals surface area contributed by atoms with Crippen LogP contribution in [0.15, 0.2) is 48.5 Å². The number of alkyl halides is 2. The fourth-order valence-electron chi connectivity index (χ4n) is 2.92. The monoisotopic (exact) mass is 436 g/mol. The molecule has 0 saturated heterocycles. The molecule has 0 heterocycles. The smallest absolute Gasteiger partial charge is 0.303 e. The maximum Gasteiger partial charge on any atom is 0.303 e. The molecule has 0 bridgehead atoms. The molecule has 2 atom stereocenters. The predicted molar refractivity (Wildman–Crippen MR) is 117 cm³/mol. The van der Waals surface area contributed by atoms with Crippen molar-refractivity contribution in [1.82, 2.24) is 0 Å². The number of carbonyl (C=O) groups is 1. The summed E-state index contributed by atoms with van der Waals surface area (Å²) < 4.78 is 29.1. The lowest BCUT2D eigenvalue weighted by molar-refractivity contribution is -0.148. The van der Waals surface area contributed by atoms with Crippen LogP contribution in [0, 0.1) is 5.92 Å². The van der Waals surface area contributed by atoms with E-state index in [1.807, 2.05) is 43.3 Å². The first kappa shape index (κ1) is 24.0. The van der Waals surface area contributed by atoms with Crippen LogP contribution >= 0.6 is 11.6 Å². The largest absolute Gasteiger partial charge is 0.493 e. The highest BCUT2D eigenvalue weighted by atomic mass is 35.5. The van der Waals surface area contributed by atoms with Crippen LogP contribution in [0.1, 0.15) is 38.8 Å². The number of benzene rings is 2. The number of carbonyl (C=O) groups excluding carboxylic acids is 1. The molecule has 4 nitrogen and oxygen atoms in total. The van der Waals surface area contributed by atoms with Gasteiger partial charge < -0.3 is 14.2 Å². The van der Waals surface area contributed by atoms with Crippen LogP contribution in [0.5, 0.6) is 11.5 Å². The fraction of sp³-hybridized carbons (Fsp3) is 0.458. The molecule has 0 amide bonds. The molecule has 6 heteroatoms. The second kappa shape index (κ2) is 11.2. The van der Waals surface area contributed by atoms with Gasteiger partial charge in [0.25, 0.3) is 0 Å². The normalized spacial score (nSPS) is 13.4. The van der Waals surface area contributed by atoms with E-state index < -0.39 is 18.7 Å². The Morgan fingerprint density at radius 1 is 0.967 bits per heavy atom. The Hall–Kier alpha value is -2.27. The summed E-state index contributed by atoms with van der Waals surface area (Å²) in [6.07, 6.45) is -0.897. The second-order valence-corrected chi connectivity index (χ2v) is 8.25. The van der Waals surface area contributed by atoms with Gasteiger partial charge in [0.2, 0.25) is 0 Å². The zero-order chi connectivity index (χ0) is 22.1. The van der Waals surface area contributed by atoms with Gasteiger partial charge in [-0.15, -0.1) is 11.6 Å². The Kier molecular flexibility index (Phi) is 8.97. The Balaban J connectivity index is 2.01. The Morgan fingerprint density at radius 2 is 1.43 bits per heavy atom. The molecule has 2 aromatic rings. The summed E-state index contributed by atoms with van der Waals surface area (Å²) >= 11 is 5.82. The Labute approximate surface area is 183 Å². The van der Waals surface area contributed by atoms with Gasteiger partial charge in [-0.1, -0.05) is 45.0 Å². The molecule has 0 radical (unpaired) electrons. The van der Waals surface area contributed by atoms with E-state index in [2.05, 4.69) is 26.0 Å². The second-order valence-electron chi connectivity index (χ2n) is 7.94. The molecule has 0 fully saturated rings. The van der Waals surface area contributed by atoms with Crippen molar-refractivity contribution in [2.24, 2.45) is 5.92 Å². The first-order valence-corrected chi connectivity index (χ1v) is 10.6. The van der Waals surface area contributed by atoms with Crippen molar-refractivity contribution in [1.29, 1.82) is 0 Å². The third-order valence-corrected chi connectivity index (χ3v) is 5.42. The maximum absolute atomic E-state index is 12.9. The third-order valence-electron chi connectivity index (χ3n) is 4.89. The van der Waals surface area contributed by atoms with E-state index in [4.69, 9.17) is 25.8 Å². The molecule has 0 aliphatic carbocycles. The van der Waals surface area contributed by atoms with Crippen LogP contribution in [-0.2, 0) is 14.9 Å². The first-order valence-electron chi connectivity index (χ1n) is 10.0. The number of ether oxygens (including phenoxy) is 3. The fourth-order valence-corrected chi connectivity index (χ4v) is 3.01. The summed E-state index contributed by atoms with van der Waals surface area (Å²) in [5.74, 6) is 1.77. The summed E-state index contributed by atoms with van der Waals surface area (Å²) in [5.41, 5.74) is 2.04. The van der Waals surface area contributed by atoms with Crippen LogP contribution in [0.3, 0.4) is 0 Å². The van der Waals surface area contributed by atoms with Gasteiger partial charge in [-0.2, -0.15) is 0 Å². The van der Waals surface area contributed by atoms with Gasteiger partial charge in [0.1, 0.15) is 24.8 Å². The molecule has 0 aliphatic rings. The van der Waals surface area contributed by atoms with Crippen molar-refractivity contribution in [2.45, 2.75) is 39.2 Å². The van der Waals surface area contributed by atoms with E-state index in [1.165, 1.54) is 6.92 Å². The minimum absolute atomic E-state index is 0.0252. The van der Waals surface area contributed by atoms with E-state index in [9.17, 15) is 9.18 Å². The van der Waals surface area contributed by atoms with E-state index >= 15 is 0 Å². The lowest BCUT2D eigenvalue weighted by Crippen LogP contribution is -2.26. The first-order chi connectivity index (χ1) is 14.3. The molecule has 0 N–H and O–H groups in total. The summed E-state index contributed by atoms with van der Waals surface area (Å²) in [6, 6.07) is 15.7. The average Bonchev–Trinajstić information content (AvgIpc) is 2.75. The van der Waals surface area contributed by atoms with E-state index in [0.717, 1.165) is 16.9 Å². The van der Waals surface area contributed by atoms with Gasteiger partial charge in [-0.05, 0) is 35.4 Å². The van der Waals surface area contributed by atoms with Gasteiger partial charge in [0.15, 0.2) is 6.10 Å². The quantitative estimate of drug-likeness (QED) is 0.342. The van der Waals surface area contributed by atoms with Gasteiger partial charge >= 0.3 is 5.97 Å². The van der Waals surface area contributed by atoms with Gasteiger partial charge in [0.05, 0.1) is 6.61 Å². The maximum atomic E-state index is 12.9. The summed E-state index contributed by atoms with van der Waals surface area (Å²) in [6.45, 7) is 7.37. The average molecular weight is 437 g/mol. The molecular weight excluding hydrogens is 407 g/mol. The van der Waals surface area contributed by atoms with Crippen molar-refractivity contribution in [2.75, 3.05) is 25.8 Å². The van der Waals surface area contributed by atoms with Crippen LogP contribution < -0.4 is 9.47 Å². The lowest BCUT2D eigenvalue weighted by atomic mass is 9.78.